The zero-order chi connectivity index (χ0) is 15.5. The van der Waals surface area contributed by atoms with E-state index in [4.69, 9.17) is 4.52 Å². The minimum atomic E-state index is -0.312. The Bertz CT molecular complexity index is 810. The number of halogens is 1. The van der Waals surface area contributed by atoms with Gasteiger partial charge in [-0.15, -0.1) is 0 Å². The molecule has 0 saturated heterocycles. The van der Waals surface area contributed by atoms with Gasteiger partial charge in [-0.2, -0.15) is 0 Å². The monoisotopic (exact) mass is 296 g/mol. The lowest BCUT2D eigenvalue weighted by Gasteiger charge is -2.04. The Morgan fingerprint density at radius 1 is 1.14 bits per heavy atom. The maximum atomic E-state index is 13.0. The van der Waals surface area contributed by atoms with Gasteiger partial charge in [0.05, 0.1) is 0 Å². The summed E-state index contributed by atoms with van der Waals surface area (Å²) in [7, 11) is 1.58. The van der Waals surface area contributed by atoms with Gasteiger partial charge < -0.3 is 9.84 Å². The molecule has 0 aliphatic heterocycles. The van der Waals surface area contributed by atoms with E-state index in [1.165, 1.54) is 12.1 Å². The van der Waals surface area contributed by atoms with Crippen LogP contribution in [0.5, 0.6) is 0 Å². The minimum absolute atomic E-state index is 0.193. The minimum Gasteiger partial charge on any atom is -0.356 e. The Labute approximate surface area is 126 Å². The second-order valence-electron chi connectivity index (χ2n) is 4.71. The van der Waals surface area contributed by atoms with Crippen molar-refractivity contribution in [2.24, 2.45) is 0 Å². The zero-order valence-corrected chi connectivity index (χ0v) is 11.8. The molecule has 110 valence electrons. The van der Waals surface area contributed by atoms with Crippen molar-refractivity contribution in [1.82, 2.24) is 10.5 Å². The molecule has 0 unspecified atom stereocenters. The van der Waals surface area contributed by atoms with Crippen LogP contribution in [-0.2, 0) is 0 Å². The molecule has 0 atom stereocenters. The van der Waals surface area contributed by atoms with E-state index in [9.17, 15) is 9.18 Å². The predicted molar refractivity (Wildman–Crippen MR) is 80.7 cm³/mol. The molecule has 22 heavy (non-hydrogen) atoms. The topological polar surface area (TPSA) is 55.1 Å². The Morgan fingerprint density at radius 3 is 2.59 bits per heavy atom. The van der Waals surface area contributed by atoms with Crippen molar-refractivity contribution < 1.29 is 13.7 Å². The molecule has 3 rings (SSSR count). The molecular weight excluding hydrogens is 283 g/mol. The van der Waals surface area contributed by atoms with Gasteiger partial charge >= 0.3 is 0 Å². The van der Waals surface area contributed by atoms with E-state index in [2.05, 4.69) is 10.5 Å². The number of nitrogens with one attached hydrogen (secondary N) is 1. The first-order valence-electron chi connectivity index (χ1n) is 6.73. The van der Waals surface area contributed by atoms with E-state index in [0.717, 1.165) is 5.56 Å². The fourth-order valence-corrected chi connectivity index (χ4v) is 2.19. The number of amides is 1. The highest BCUT2D eigenvalue weighted by atomic mass is 19.1. The fraction of sp³-hybridized carbons (Fsp3) is 0.0588. The third-order valence-electron chi connectivity index (χ3n) is 3.31. The van der Waals surface area contributed by atoms with Crippen LogP contribution in [0.1, 0.15) is 10.4 Å². The van der Waals surface area contributed by atoms with E-state index in [0.29, 0.717) is 22.6 Å². The number of hydrogen-bond acceptors (Lipinski definition) is 3. The molecular formula is C17H13FN2O2. The van der Waals surface area contributed by atoms with Gasteiger partial charge in [0.1, 0.15) is 11.5 Å². The molecule has 0 saturated carbocycles. The molecule has 2 aromatic carbocycles. The summed E-state index contributed by atoms with van der Waals surface area (Å²) < 4.78 is 18.3. The zero-order valence-electron chi connectivity index (χ0n) is 11.8. The van der Waals surface area contributed by atoms with Crippen LogP contribution in [0.3, 0.4) is 0 Å². The smallest absolute Gasteiger partial charge is 0.251 e. The summed E-state index contributed by atoms with van der Waals surface area (Å²) in [6, 6.07) is 14.8. The first-order chi connectivity index (χ1) is 10.7. The van der Waals surface area contributed by atoms with Crippen LogP contribution in [0, 0.1) is 5.82 Å². The van der Waals surface area contributed by atoms with Gasteiger partial charge in [0.25, 0.3) is 5.91 Å². The second-order valence-corrected chi connectivity index (χ2v) is 4.71. The van der Waals surface area contributed by atoms with Gasteiger partial charge in [-0.05, 0) is 30.3 Å². The number of hydrogen-bond donors (Lipinski definition) is 1. The summed E-state index contributed by atoms with van der Waals surface area (Å²) in [5.74, 6) is 0.0112. The molecule has 0 radical (unpaired) electrons. The van der Waals surface area contributed by atoms with Crippen molar-refractivity contribution in [1.29, 1.82) is 0 Å². The molecule has 0 aliphatic carbocycles. The maximum Gasteiger partial charge on any atom is 0.251 e. The third-order valence-corrected chi connectivity index (χ3v) is 3.31. The van der Waals surface area contributed by atoms with Crippen LogP contribution in [0.2, 0.25) is 0 Å². The third kappa shape index (κ3) is 2.61. The fourth-order valence-electron chi connectivity index (χ4n) is 2.19. The van der Waals surface area contributed by atoms with Crippen LogP contribution >= 0.6 is 0 Å². The number of benzene rings is 2. The molecule has 5 heteroatoms. The van der Waals surface area contributed by atoms with Gasteiger partial charge in [0, 0.05) is 29.8 Å². The SMILES string of the molecule is CNC(=O)c1ccccc1-c1cc(-c2ccc(F)cc2)on1. The number of carbonyl (C=O) groups is 1. The molecule has 1 aromatic heterocycles. The normalized spacial score (nSPS) is 10.5. The van der Waals surface area contributed by atoms with Crippen LogP contribution < -0.4 is 5.32 Å². The van der Waals surface area contributed by atoms with Crippen LogP contribution in [0.25, 0.3) is 22.6 Å². The summed E-state index contributed by atoms with van der Waals surface area (Å²) >= 11 is 0. The van der Waals surface area contributed by atoms with Gasteiger partial charge in [0.15, 0.2) is 5.76 Å². The summed E-state index contributed by atoms with van der Waals surface area (Å²) in [5.41, 5.74) is 2.47. The molecule has 3 aromatic rings. The summed E-state index contributed by atoms with van der Waals surface area (Å²) in [4.78, 5) is 11.9. The van der Waals surface area contributed by atoms with Crippen molar-refractivity contribution in [3.05, 3.63) is 66.0 Å². The molecule has 0 spiro atoms. The first kappa shape index (κ1) is 14.0. The first-order valence-corrected chi connectivity index (χ1v) is 6.73. The number of rotatable bonds is 3. The Kier molecular flexibility index (Phi) is 3.70. The van der Waals surface area contributed by atoms with Gasteiger partial charge in [-0.25, -0.2) is 4.39 Å². The van der Waals surface area contributed by atoms with Crippen LogP contribution in [0.4, 0.5) is 4.39 Å². The summed E-state index contributed by atoms with van der Waals surface area (Å²) in [5, 5.41) is 6.61. The van der Waals surface area contributed by atoms with Crippen LogP contribution in [-0.4, -0.2) is 18.1 Å². The van der Waals surface area contributed by atoms with E-state index in [1.807, 2.05) is 6.07 Å². The second kappa shape index (κ2) is 5.81. The quantitative estimate of drug-likeness (QED) is 0.804. The molecule has 1 N–H and O–H groups in total. The van der Waals surface area contributed by atoms with Gasteiger partial charge in [0.2, 0.25) is 0 Å². The molecule has 4 nitrogen and oxygen atoms in total. The summed E-state index contributed by atoms with van der Waals surface area (Å²) in [6.07, 6.45) is 0. The van der Waals surface area contributed by atoms with Crippen molar-refractivity contribution in [2.45, 2.75) is 0 Å². The maximum absolute atomic E-state index is 13.0. The predicted octanol–water partition coefficient (Wildman–Crippen LogP) is 3.51. The van der Waals surface area contributed by atoms with Crippen molar-refractivity contribution >= 4 is 5.91 Å². The molecule has 1 amide bonds. The van der Waals surface area contributed by atoms with Crippen molar-refractivity contribution in [2.75, 3.05) is 7.05 Å². The highest BCUT2D eigenvalue weighted by molar-refractivity contribution is 6.00. The lowest BCUT2D eigenvalue weighted by molar-refractivity contribution is 0.0963. The average Bonchev–Trinajstić information content (AvgIpc) is 3.04. The Hall–Kier alpha value is -2.95. The van der Waals surface area contributed by atoms with Gasteiger partial charge in [-0.3, -0.25) is 4.79 Å². The molecule has 1 heterocycles. The summed E-state index contributed by atoms with van der Waals surface area (Å²) in [6.45, 7) is 0. The van der Waals surface area contributed by atoms with Gasteiger partial charge in [-0.1, -0.05) is 23.4 Å². The highest BCUT2D eigenvalue weighted by Gasteiger charge is 2.15. The Balaban J connectivity index is 2.01. The number of aromatic nitrogens is 1. The largest absolute Gasteiger partial charge is 0.356 e. The molecule has 0 aliphatic rings. The average molecular weight is 296 g/mol. The lowest BCUT2D eigenvalue weighted by Crippen LogP contribution is -2.18. The van der Waals surface area contributed by atoms with E-state index in [1.54, 1.807) is 43.4 Å². The van der Waals surface area contributed by atoms with E-state index in [-0.39, 0.29) is 11.7 Å². The Morgan fingerprint density at radius 2 is 1.86 bits per heavy atom. The standard InChI is InChI=1S/C17H13FN2O2/c1-19-17(21)14-5-3-2-4-13(14)15-10-16(22-20-15)11-6-8-12(18)9-7-11/h2-10H,1H3,(H,19,21). The molecule has 0 fully saturated rings. The van der Waals surface area contributed by atoms with E-state index >= 15 is 0 Å². The van der Waals surface area contributed by atoms with Crippen LogP contribution in [0.15, 0.2) is 59.1 Å². The number of nitrogens with zero attached hydrogens (tertiary/aromatic N) is 1. The molecule has 0 bridgehead atoms. The number of carbonyl (C=O) groups excluding carboxylic acids is 1. The lowest BCUT2D eigenvalue weighted by atomic mass is 10.0. The van der Waals surface area contributed by atoms with E-state index < -0.39 is 0 Å². The van der Waals surface area contributed by atoms with Crippen molar-refractivity contribution in [3.63, 3.8) is 0 Å². The van der Waals surface area contributed by atoms with Crippen molar-refractivity contribution in [3.8, 4) is 22.6 Å². The highest BCUT2D eigenvalue weighted by Crippen LogP contribution is 2.28.